The molecular formula is C12H22O6. The highest BCUT2D eigenvalue weighted by atomic mass is 16.7. The van der Waals surface area contributed by atoms with Crippen molar-refractivity contribution in [1.29, 1.82) is 0 Å². The molecule has 0 heterocycles. The minimum Gasteiger partial charge on any atom is -0.466 e. The van der Waals surface area contributed by atoms with Crippen molar-refractivity contribution in [3.8, 4) is 0 Å². The molecule has 0 radical (unpaired) electrons. The molecule has 1 atom stereocenters. The van der Waals surface area contributed by atoms with Gasteiger partial charge in [-0.15, -0.1) is 0 Å². The average Bonchev–Trinajstić information content (AvgIpc) is 2.39. The minimum atomic E-state index is -0.460. The highest BCUT2D eigenvalue weighted by Gasteiger charge is 2.05. The van der Waals surface area contributed by atoms with Crippen LogP contribution in [0.5, 0.6) is 0 Å². The number of hydrogen-bond donors (Lipinski definition) is 0. The Morgan fingerprint density at radius 3 is 2.33 bits per heavy atom. The van der Waals surface area contributed by atoms with Crippen molar-refractivity contribution in [3.63, 3.8) is 0 Å². The van der Waals surface area contributed by atoms with E-state index in [1.807, 2.05) is 6.92 Å². The molecule has 18 heavy (non-hydrogen) atoms. The third-order valence-electron chi connectivity index (χ3n) is 2.03. The van der Waals surface area contributed by atoms with E-state index in [1.54, 1.807) is 7.11 Å². The van der Waals surface area contributed by atoms with Crippen LogP contribution >= 0.6 is 0 Å². The summed E-state index contributed by atoms with van der Waals surface area (Å²) in [6, 6.07) is 0. The Bertz CT molecular complexity index is 241. The van der Waals surface area contributed by atoms with Gasteiger partial charge >= 0.3 is 5.97 Å². The molecule has 0 aromatic carbocycles. The van der Waals surface area contributed by atoms with Gasteiger partial charge in [-0.2, -0.15) is 0 Å². The van der Waals surface area contributed by atoms with Gasteiger partial charge in [0.1, 0.15) is 0 Å². The number of methoxy groups -OCH3 is 2. The Morgan fingerprint density at radius 1 is 1.11 bits per heavy atom. The van der Waals surface area contributed by atoms with Crippen molar-refractivity contribution in [3.05, 3.63) is 12.2 Å². The second-order valence-corrected chi connectivity index (χ2v) is 3.43. The molecule has 0 aliphatic heterocycles. The summed E-state index contributed by atoms with van der Waals surface area (Å²) in [7, 11) is 2.88. The van der Waals surface area contributed by atoms with Crippen molar-refractivity contribution in [2.24, 2.45) is 0 Å². The number of rotatable bonds is 11. The Labute approximate surface area is 108 Å². The van der Waals surface area contributed by atoms with E-state index in [2.05, 4.69) is 11.3 Å². The predicted molar refractivity (Wildman–Crippen MR) is 65.2 cm³/mol. The van der Waals surface area contributed by atoms with Crippen LogP contribution in [0.1, 0.15) is 6.92 Å². The maximum Gasteiger partial charge on any atom is 0.335 e. The van der Waals surface area contributed by atoms with Crippen LogP contribution in [-0.4, -0.2) is 59.5 Å². The number of esters is 1. The Kier molecular flexibility index (Phi) is 10.6. The first-order valence-corrected chi connectivity index (χ1v) is 5.67. The first-order valence-electron chi connectivity index (χ1n) is 5.67. The largest absolute Gasteiger partial charge is 0.466 e. The molecule has 0 spiro atoms. The first-order chi connectivity index (χ1) is 8.61. The van der Waals surface area contributed by atoms with E-state index in [-0.39, 0.29) is 18.5 Å². The van der Waals surface area contributed by atoms with E-state index in [0.717, 1.165) is 0 Å². The van der Waals surface area contributed by atoms with Gasteiger partial charge in [-0.05, 0) is 6.92 Å². The molecule has 0 N–H and O–H groups in total. The normalized spacial score (nSPS) is 12.2. The van der Waals surface area contributed by atoms with Crippen molar-refractivity contribution in [2.45, 2.75) is 13.2 Å². The van der Waals surface area contributed by atoms with E-state index in [1.165, 1.54) is 7.11 Å². The highest BCUT2D eigenvalue weighted by molar-refractivity contribution is 5.87. The highest BCUT2D eigenvalue weighted by Crippen LogP contribution is 1.94. The molecule has 0 fully saturated rings. The van der Waals surface area contributed by atoms with E-state index in [4.69, 9.17) is 18.9 Å². The monoisotopic (exact) mass is 262 g/mol. The molecule has 0 aliphatic carbocycles. The number of carbonyl (C=O) groups is 1. The van der Waals surface area contributed by atoms with Gasteiger partial charge in [-0.1, -0.05) is 6.58 Å². The van der Waals surface area contributed by atoms with Crippen LogP contribution in [0.2, 0.25) is 0 Å². The van der Waals surface area contributed by atoms with Gasteiger partial charge in [-0.25, -0.2) is 4.79 Å². The van der Waals surface area contributed by atoms with E-state index >= 15 is 0 Å². The predicted octanol–water partition coefficient (Wildman–Crippen LogP) is 0.758. The smallest absolute Gasteiger partial charge is 0.335 e. The van der Waals surface area contributed by atoms with Crippen molar-refractivity contribution >= 4 is 5.97 Å². The lowest BCUT2D eigenvalue weighted by atomic mass is 10.3. The van der Waals surface area contributed by atoms with Crippen LogP contribution in [0.4, 0.5) is 0 Å². The molecule has 0 bridgehead atoms. The topological polar surface area (TPSA) is 63.2 Å². The maximum absolute atomic E-state index is 10.9. The fraction of sp³-hybridized carbons (Fsp3) is 0.750. The lowest BCUT2D eigenvalue weighted by molar-refractivity contribution is -0.136. The average molecular weight is 262 g/mol. The van der Waals surface area contributed by atoms with Crippen LogP contribution in [0.15, 0.2) is 12.2 Å². The van der Waals surface area contributed by atoms with E-state index in [0.29, 0.717) is 26.4 Å². The van der Waals surface area contributed by atoms with Crippen LogP contribution in [-0.2, 0) is 28.5 Å². The number of ether oxygens (including phenoxy) is 5. The summed E-state index contributed by atoms with van der Waals surface area (Å²) in [6.45, 7) is 7.22. The summed E-state index contributed by atoms with van der Waals surface area (Å²) in [6.07, 6.45) is -0.228. The maximum atomic E-state index is 10.9. The second-order valence-electron chi connectivity index (χ2n) is 3.43. The van der Waals surface area contributed by atoms with Crippen molar-refractivity contribution < 1.29 is 28.5 Å². The molecule has 0 aliphatic rings. The van der Waals surface area contributed by atoms with Crippen LogP contribution in [0.3, 0.4) is 0 Å². The summed E-state index contributed by atoms with van der Waals surface area (Å²) in [5, 5.41) is 0. The fourth-order valence-electron chi connectivity index (χ4n) is 0.960. The summed E-state index contributed by atoms with van der Waals surface area (Å²) in [5.41, 5.74) is 0.287. The van der Waals surface area contributed by atoms with Crippen molar-refractivity contribution in [1.82, 2.24) is 0 Å². The lowest BCUT2D eigenvalue weighted by Gasteiger charge is -2.11. The summed E-state index contributed by atoms with van der Waals surface area (Å²) in [5.74, 6) is -0.460. The van der Waals surface area contributed by atoms with Gasteiger partial charge in [0.15, 0.2) is 6.29 Å². The molecular weight excluding hydrogens is 240 g/mol. The molecule has 0 saturated heterocycles. The molecule has 6 heteroatoms. The molecule has 0 aromatic heterocycles. The van der Waals surface area contributed by atoms with E-state index in [9.17, 15) is 4.79 Å². The SMILES string of the molecule is C=C(COCCOCCOC(C)OC)C(=O)OC. The Morgan fingerprint density at radius 2 is 1.72 bits per heavy atom. The third kappa shape index (κ3) is 9.12. The zero-order valence-corrected chi connectivity index (χ0v) is 11.3. The van der Waals surface area contributed by atoms with Crippen LogP contribution < -0.4 is 0 Å². The molecule has 0 rings (SSSR count). The standard InChI is InChI=1S/C12H22O6/c1-10(12(13)15-4)9-17-6-5-16-7-8-18-11(2)14-3/h11H,1,5-9H2,2-4H3. The molecule has 1 unspecified atom stereocenters. The zero-order valence-electron chi connectivity index (χ0n) is 11.3. The summed E-state index contributed by atoms with van der Waals surface area (Å²) >= 11 is 0. The Balaban J connectivity index is 3.26. The third-order valence-corrected chi connectivity index (χ3v) is 2.03. The minimum absolute atomic E-state index is 0.146. The van der Waals surface area contributed by atoms with Gasteiger partial charge in [0.2, 0.25) is 0 Å². The van der Waals surface area contributed by atoms with Crippen LogP contribution in [0.25, 0.3) is 0 Å². The zero-order chi connectivity index (χ0) is 13.8. The van der Waals surface area contributed by atoms with Gasteiger partial charge in [0, 0.05) is 7.11 Å². The fourth-order valence-corrected chi connectivity index (χ4v) is 0.960. The summed E-state index contributed by atoms with van der Waals surface area (Å²) in [4.78, 5) is 10.9. The van der Waals surface area contributed by atoms with Gasteiger partial charge < -0.3 is 23.7 Å². The number of carbonyl (C=O) groups excluding carboxylic acids is 1. The lowest BCUT2D eigenvalue weighted by Crippen LogP contribution is -2.16. The molecule has 0 aromatic rings. The number of hydrogen-bond acceptors (Lipinski definition) is 6. The summed E-state index contributed by atoms with van der Waals surface area (Å²) < 4.78 is 25.0. The van der Waals surface area contributed by atoms with Gasteiger partial charge in [0.05, 0.1) is 45.7 Å². The molecule has 0 saturated carbocycles. The van der Waals surface area contributed by atoms with Crippen LogP contribution in [0, 0.1) is 0 Å². The Hall–Kier alpha value is -0.950. The quantitative estimate of drug-likeness (QED) is 0.237. The van der Waals surface area contributed by atoms with Crippen molar-refractivity contribution in [2.75, 3.05) is 47.3 Å². The second kappa shape index (κ2) is 11.2. The van der Waals surface area contributed by atoms with E-state index < -0.39 is 5.97 Å². The first kappa shape index (κ1) is 17.1. The van der Waals surface area contributed by atoms with Gasteiger partial charge in [-0.3, -0.25) is 0 Å². The molecule has 6 nitrogen and oxygen atoms in total. The van der Waals surface area contributed by atoms with Gasteiger partial charge in [0.25, 0.3) is 0 Å². The molecule has 0 amide bonds. The molecule has 106 valence electrons.